The van der Waals surface area contributed by atoms with Crippen molar-refractivity contribution in [1.29, 1.82) is 0 Å². The highest BCUT2D eigenvalue weighted by Gasteiger charge is 2.14. The Morgan fingerprint density at radius 1 is 1.22 bits per heavy atom. The van der Waals surface area contributed by atoms with Gasteiger partial charge in [0.25, 0.3) is 0 Å². The molecular formula is C7H12S2. The van der Waals surface area contributed by atoms with E-state index in [1.165, 1.54) is 32.1 Å². The van der Waals surface area contributed by atoms with Crippen molar-refractivity contribution in [3.05, 3.63) is 0 Å². The Morgan fingerprint density at radius 2 is 1.78 bits per heavy atom. The van der Waals surface area contributed by atoms with E-state index in [9.17, 15) is 0 Å². The van der Waals surface area contributed by atoms with E-state index >= 15 is 0 Å². The van der Waals surface area contributed by atoms with E-state index in [4.69, 9.17) is 12.2 Å². The van der Waals surface area contributed by atoms with E-state index in [0.29, 0.717) is 5.92 Å². The molecule has 1 rings (SSSR count). The summed E-state index contributed by atoms with van der Waals surface area (Å²) in [5.41, 5.74) is 0. The Hall–Kier alpha value is 0.440. The van der Waals surface area contributed by atoms with E-state index in [1.807, 2.05) is 0 Å². The van der Waals surface area contributed by atoms with Crippen LogP contribution in [0, 0.1) is 5.92 Å². The van der Waals surface area contributed by atoms with Crippen molar-refractivity contribution in [2.75, 3.05) is 0 Å². The van der Waals surface area contributed by atoms with Crippen LogP contribution in [0.25, 0.3) is 0 Å². The third-order valence-electron chi connectivity index (χ3n) is 1.95. The van der Waals surface area contributed by atoms with Gasteiger partial charge in [0, 0.05) is 4.20 Å². The maximum atomic E-state index is 4.98. The van der Waals surface area contributed by atoms with Crippen molar-refractivity contribution in [2.24, 2.45) is 5.92 Å². The molecule has 9 heavy (non-hydrogen) atoms. The maximum Gasteiger partial charge on any atom is 0.0479 e. The molecule has 2 heteroatoms. The van der Waals surface area contributed by atoms with Crippen LogP contribution in [-0.4, -0.2) is 4.20 Å². The van der Waals surface area contributed by atoms with E-state index < -0.39 is 0 Å². The van der Waals surface area contributed by atoms with Crippen LogP contribution in [-0.2, 0) is 0 Å². The summed E-state index contributed by atoms with van der Waals surface area (Å²) in [5, 5.41) is 0. The van der Waals surface area contributed by atoms with Gasteiger partial charge >= 0.3 is 0 Å². The first-order chi connectivity index (χ1) is 4.30. The van der Waals surface area contributed by atoms with Gasteiger partial charge in [-0.05, 0) is 18.8 Å². The van der Waals surface area contributed by atoms with E-state index in [1.54, 1.807) is 0 Å². The highest BCUT2D eigenvalue weighted by atomic mass is 32.1. The summed E-state index contributed by atoms with van der Waals surface area (Å²) in [6.07, 6.45) is 6.66. The van der Waals surface area contributed by atoms with Crippen LogP contribution in [0.5, 0.6) is 0 Å². The maximum absolute atomic E-state index is 4.98. The molecule has 0 N–H and O–H groups in total. The third kappa shape index (κ3) is 2.26. The molecule has 0 aromatic rings. The number of hydrogen-bond acceptors (Lipinski definition) is 1. The number of rotatable bonds is 1. The second-order valence-corrected chi connectivity index (χ2v) is 3.90. The van der Waals surface area contributed by atoms with Crippen LogP contribution < -0.4 is 0 Å². The predicted molar refractivity (Wildman–Crippen MR) is 48.2 cm³/mol. The SMILES string of the molecule is S=C(S)C1CCCCC1. The quantitative estimate of drug-likeness (QED) is 0.454. The number of thiocarbonyl (C=S) groups is 1. The molecule has 0 unspecified atom stereocenters. The summed E-state index contributed by atoms with van der Waals surface area (Å²) >= 11 is 9.15. The van der Waals surface area contributed by atoms with Gasteiger partial charge in [0.05, 0.1) is 0 Å². The first-order valence-corrected chi connectivity index (χ1v) is 4.39. The van der Waals surface area contributed by atoms with Crippen molar-refractivity contribution >= 4 is 29.0 Å². The standard InChI is InChI=1S/C7H12S2/c8-7(9)6-4-2-1-3-5-6/h6H,1-5H2,(H,8,9). The molecule has 0 radical (unpaired) electrons. The molecule has 0 heterocycles. The average molecular weight is 160 g/mol. The molecule has 1 aliphatic rings. The Bertz CT molecular complexity index is 103. The topological polar surface area (TPSA) is 0 Å². The lowest BCUT2D eigenvalue weighted by molar-refractivity contribution is 0.446. The van der Waals surface area contributed by atoms with Gasteiger partial charge in [-0.1, -0.05) is 31.5 Å². The van der Waals surface area contributed by atoms with Crippen molar-refractivity contribution in [2.45, 2.75) is 32.1 Å². The second-order valence-electron chi connectivity index (χ2n) is 2.67. The summed E-state index contributed by atoms with van der Waals surface area (Å²) in [7, 11) is 0. The molecule has 0 bridgehead atoms. The van der Waals surface area contributed by atoms with Gasteiger partial charge in [0.2, 0.25) is 0 Å². The molecule has 0 aromatic carbocycles. The largest absolute Gasteiger partial charge is 0.136 e. The minimum absolute atomic E-state index is 0.650. The Morgan fingerprint density at radius 3 is 2.11 bits per heavy atom. The summed E-state index contributed by atoms with van der Waals surface area (Å²) in [4.78, 5) is 0. The third-order valence-corrected chi connectivity index (χ3v) is 2.65. The monoisotopic (exact) mass is 160 g/mol. The lowest BCUT2D eigenvalue weighted by Crippen LogP contribution is -2.10. The van der Waals surface area contributed by atoms with Crippen molar-refractivity contribution in [1.82, 2.24) is 0 Å². The van der Waals surface area contributed by atoms with Crippen LogP contribution in [0.1, 0.15) is 32.1 Å². The highest BCUT2D eigenvalue weighted by molar-refractivity contribution is 8.11. The van der Waals surface area contributed by atoms with E-state index in [-0.39, 0.29) is 0 Å². The Balaban J connectivity index is 2.31. The van der Waals surface area contributed by atoms with E-state index in [0.717, 1.165) is 4.20 Å². The van der Waals surface area contributed by atoms with Gasteiger partial charge < -0.3 is 0 Å². The molecule has 52 valence electrons. The Labute approximate surface area is 67.4 Å². The number of hydrogen-bond donors (Lipinski definition) is 1. The van der Waals surface area contributed by atoms with E-state index in [2.05, 4.69) is 12.6 Å². The summed E-state index contributed by atoms with van der Waals surface area (Å²) < 4.78 is 0.926. The fraction of sp³-hybridized carbons (Fsp3) is 0.857. The fourth-order valence-corrected chi connectivity index (χ4v) is 1.84. The minimum Gasteiger partial charge on any atom is -0.136 e. The lowest BCUT2D eigenvalue weighted by atomic mass is 9.91. The Kier molecular flexibility index (Phi) is 2.99. The zero-order valence-corrected chi connectivity index (χ0v) is 7.18. The molecule has 0 atom stereocenters. The van der Waals surface area contributed by atoms with Crippen molar-refractivity contribution < 1.29 is 0 Å². The molecule has 1 aliphatic carbocycles. The van der Waals surface area contributed by atoms with Gasteiger partial charge in [-0.15, -0.1) is 12.6 Å². The molecule has 0 aromatic heterocycles. The number of thiol groups is 1. The molecule has 0 nitrogen and oxygen atoms in total. The predicted octanol–water partition coefficient (Wildman–Crippen LogP) is 2.82. The van der Waals surface area contributed by atoms with Crippen LogP contribution in [0.15, 0.2) is 0 Å². The molecule has 0 aliphatic heterocycles. The van der Waals surface area contributed by atoms with Crippen LogP contribution in [0.4, 0.5) is 0 Å². The second kappa shape index (κ2) is 3.57. The lowest BCUT2D eigenvalue weighted by Gasteiger charge is -2.19. The molecule has 1 saturated carbocycles. The van der Waals surface area contributed by atoms with Gasteiger partial charge in [0.1, 0.15) is 0 Å². The first-order valence-electron chi connectivity index (χ1n) is 3.53. The molecule has 0 saturated heterocycles. The molecule has 0 spiro atoms. The van der Waals surface area contributed by atoms with Gasteiger partial charge in [-0.25, -0.2) is 0 Å². The van der Waals surface area contributed by atoms with Crippen molar-refractivity contribution in [3.8, 4) is 0 Å². The normalized spacial score (nSPS) is 21.9. The minimum atomic E-state index is 0.650. The summed E-state index contributed by atoms with van der Waals surface area (Å²) in [6.45, 7) is 0. The van der Waals surface area contributed by atoms with Gasteiger partial charge in [0.15, 0.2) is 0 Å². The van der Waals surface area contributed by atoms with Crippen LogP contribution in [0.3, 0.4) is 0 Å². The fourth-order valence-electron chi connectivity index (χ4n) is 1.35. The molecular weight excluding hydrogens is 148 g/mol. The van der Waals surface area contributed by atoms with Crippen LogP contribution in [0.2, 0.25) is 0 Å². The van der Waals surface area contributed by atoms with Crippen LogP contribution >= 0.6 is 24.8 Å². The van der Waals surface area contributed by atoms with Gasteiger partial charge in [-0.2, -0.15) is 0 Å². The smallest absolute Gasteiger partial charge is 0.0479 e. The van der Waals surface area contributed by atoms with Gasteiger partial charge in [-0.3, -0.25) is 0 Å². The van der Waals surface area contributed by atoms with Crippen molar-refractivity contribution in [3.63, 3.8) is 0 Å². The highest BCUT2D eigenvalue weighted by Crippen LogP contribution is 2.25. The summed E-state index contributed by atoms with van der Waals surface area (Å²) in [5.74, 6) is 0.650. The zero-order chi connectivity index (χ0) is 6.69. The first kappa shape index (κ1) is 7.55. The average Bonchev–Trinajstić information content (AvgIpc) is 1.90. The zero-order valence-electron chi connectivity index (χ0n) is 5.47. The molecule has 1 fully saturated rings. The molecule has 0 amide bonds. The summed E-state index contributed by atoms with van der Waals surface area (Å²) in [6, 6.07) is 0.